The highest BCUT2D eigenvalue weighted by Crippen LogP contribution is 2.27. The van der Waals surface area contributed by atoms with Crippen LogP contribution in [-0.2, 0) is 0 Å². The van der Waals surface area contributed by atoms with Crippen molar-refractivity contribution >= 4 is 12.6 Å². The van der Waals surface area contributed by atoms with E-state index in [1.807, 2.05) is 0 Å². The van der Waals surface area contributed by atoms with Crippen LogP contribution in [-0.4, -0.2) is 28.4 Å². The second-order valence-electron chi connectivity index (χ2n) is 4.32. The van der Waals surface area contributed by atoms with Crippen molar-refractivity contribution in [2.75, 3.05) is 13.1 Å². The minimum atomic E-state index is -0.0167. The minimum Gasteiger partial charge on any atom is -0.324 e. The van der Waals surface area contributed by atoms with Crippen molar-refractivity contribution < 1.29 is 0 Å². The molecule has 1 saturated heterocycles. The van der Waals surface area contributed by atoms with Gasteiger partial charge < -0.3 is 5.73 Å². The van der Waals surface area contributed by atoms with Crippen molar-refractivity contribution in [2.24, 2.45) is 5.73 Å². The lowest BCUT2D eigenvalue weighted by Gasteiger charge is -2.31. The van der Waals surface area contributed by atoms with Crippen molar-refractivity contribution in [3.05, 3.63) is 0 Å². The number of rotatable bonds is 1. The zero-order chi connectivity index (χ0) is 8.70. The smallest absolute Gasteiger partial charge is 0.0584 e. The minimum absolute atomic E-state index is 0. The highest BCUT2D eigenvalue weighted by Gasteiger charge is 2.35. The average molecular weight is 174 g/mol. The van der Waals surface area contributed by atoms with E-state index in [-0.39, 0.29) is 10.4 Å². The van der Waals surface area contributed by atoms with Crippen molar-refractivity contribution in [3.63, 3.8) is 0 Å². The molecular weight excluding hydrogens is 156 g/mol. The quantitative estimate of drug-likeness (QED) is 0.582. The molecule has 1 heterocycles. The summed E-state index contributed by atoms with van der Waals surface area (Å²) in [5, 5.41) is 0. The first-order chi connectivity index (χ1) is 4.81. The van der Waals surface area contributed by atoms with Gasteiger partial charge in [0.2, 0.25) is 0 Å². The van der Waals surface area contributed by atoms with Gasteiger partial charge >= 0.3 is 0 Å². The monoisotopic (exact) mass is 174 g/mol. The Bertz CT molecular complexity index is 149. The summed E-state index contributed by atoms with van der Waals surface area (Å²) in [7, 11) is 0. The third-order valence-electron chi connectivity index (χ3n) is 2.28. The van der Waals surface area contributed by atoms with Gasteiger partial charge in [0.25, 0.3) is 0 Å². The van der Waals surface area contributed by atoms with E-state index < -0.39 is 0 Å². The standard InChI is InChI=1S/C8H18N2S/c1-7(2,11)10-5-4-8(3,9)6-10/h11H,4-6,9H2,1-3H3/t8-/m1/s1. The lowest BCUT2D eigenvalue weighted by molar-refractivity contribution is 0.234. The van der Waals surface area contributed by atoms with Crippen molar-refractivity contribution in [1.82, 2.24) is 4.90 Å². The van der Waals surface area contributed by atoms with Crippen LogP contribution in [0.4, 0.5) is 0 Å². The fraction of sp³-hybridized carbons (Fsp3) is 1.00. The number of likely N-dealkylation sites (tertiary alicyclic amines) is 1. The second-order valence-corrected chi connectivity index (χ2v) is 5.41. The van der Waals surface area contributed by atoms with Crippen LogP contribution in [0.25, 0.3) is 0 Å². The maximum absolute atomic E-state index is 5.99. The van der Waals surface area contributed by atoms with Gasteiger partial charge in [-0.2, -0.15) is 12.6 Å². The van der Waals surface area contributed by atoms with Crippen LogP contribution < -0.4 is 5.73 Å². The molecule has 0 bridgehead atoms. The van der Waals surface area contributed by atoms with Crippen molar-refractivity contribution in [3.8, 4) is 0 Å². The van der Waals surface area contributed by atoms with E-state index in [4.69, 9.17) is 5.73 Å². The molecule has 3 heteroatoms. The zero-order valence-corrected chi connectivity index (χ0v) is 8.49. The third-order valence-corrected chi connectivity index (χ3v) is 2.56. The summed E-state index contributed by atoms with van der Waals surface area (Å²) >= 11 is 4.50. The highest BCUT2D eigenvalue weighted by molar-refractivity contribution is 7.81. The molecule has 2 N–H and O–H groups in total. The summed E-state index contributed by atoms with van der Waals surface area (Å²) in [5.41, 5.74) is 5.99. The predicted octanol–water partition coefficient (Wildman–Crippen LogP) is 1.08. The molecular formula is C8H18N2S. The van der Waals surface area contributed by atoms with Crippen LogP contribution in [0.5, 0.6) is 0 Å². The molecule has 1 aliphatic rings. The number of hydrogen-bond acceptors (Lipinski definition) is 3. The topological polar surface area (TPSA) is 29.3 Å². The van der Waals surface area contributed by atoms with Crippen molar-refractivity contribution in [1.29, 1.82) is 0 Å². The summed E-state index contributed by atoms with van der Waals surface area (Å²) in [4.78, 5) is 2.30. The van der Waals surface area contributed by atoms with E-state index in [0.29, 0.717) is 0 Å². The van der Waals surface area contributed by atoms with Gasteiger partial charge in [0.1, 0.15) is 0 Å². The molecule has 0 saturated carbocycles. The molecule has 1 aliphatic heterocycles. The number of nitrogens with zero attached hydrogens (tertiary/aromatic N) is 1. The SMILES string of the molecule is CC(C)(S)N1CC[C@@](C)(N)C1. The molecule has 0 aromatic heterocycles. The highest BCUT2D eigenvalue weighted by atomic mass is 32.1. The van der Waals surface area contributed by atoms with E-state index in [1.165, 1.54) is 0 Å². The van der Waals surface area contributed by atoms with E-state index >= 15 is 0 Å². The van der Waals surface area contributed by atoms with Crippen LogP contribution in [0.3, 0.4) is 0 Å². The first-order valence-corrected chi connectivity index (χ1v) is 4.52. The maximum Gasteiger partial charge on any atom is 0.0584 e. The number of hydrogen-bond donors (Lipinski definition) is 2. The first kappa shape index (κ1) is 9.36. The molecule has 1 atom stereocenters. The number of thiol groups is 1. The predicted molar refractivity (Wildman–Crippen MR) is 51.8 cm³/mol. The summed E-state index contributed by atoms with van der Waals surface area (Å²) in [6.45, 7) is 8.36. The Morgan fingerprint density at radius 2 is 2.09 bits per heavy atom. The summed E-state index contributed by atoms with van der Waals surface area (Å²) < 4.78 is 0. The largest absolute Gasteiger partial charge is 0.324 e. The van der Waals surface area contributed by atoms with Crippen LogP contribution >= 0.6 is 12.6 Å². The Kier molecular flexibility index (Phi) is 2.25. The normalized spacial score (nSPS) is 34.6. The van der Waals surface area contributed by atoms with Gasteiger partial charge in [0, 0.05) is 18.6 Å². The molecule has 0 unspecified atom stereocenters. The Hall–Kier alpha value is 0.270. The molecule has 0 radical (unpaired) electrons. The van der Waals surface area contributed by atoms with Crippen LogP contribution in [0.2, 0.25) is 0 Å². The Morgan fingerprint density at radius 3 is 2.27 bits per heavy atom. The molecule has 0 aromatic carbocycles. The Balaban J connectivity index is 2.55. The average Bonchev–Trinajstić information content (AvgIpc) is 2.07. The van der Waals surface area contributed by atoms with E-state index in [9.17, 15) is 0 Å². The molecule has 0 spiro atoms. The van der Waals surface area contributed by atoms with Crippen molar-refractivity contribution in [2.45, 2.75) is 37.6 Å². The first-order valence-electron chi connectivity index (χ1n) is 4.08. The van der Waals surface area contributed by atoms with Gasteiger partial charge in [-0.15, -0.1) is 0 Å². The molecule has 0 aromatic rings. The van der Waals surface area contributed by atoms with Crippen LogP contribution in [0.1, 0.15) is 27.2 Å². The van der Waals surface area contributed by atoms with E-state index in [1.54, 1.807) is 0 Å². The summed E-state index contributed by atoms with van der Waals surface area (Å²) in [6.07, 6.45) is 1.08. The summed E-state index contributed by atoms with van der Waals surface area (Å²) in [5.74, 6) is 0. The molecule has 11 heavy (non-hydrogen) atoms. The molecule has 1 fully saturated rings. The molecule has 1 rings (SSSR count). The van der Waals surface area contributed by atoms with E-state index in [0.717, 1.165) is 19.5 Å². The molecule has 0 amide bonds. The van der Waals surface area contributed by atoms with Crippen LogP contribution in [0, 0.1) is 0 Å². The third kappa shape index (κ3) is 2.36. The van der Waals surface area contributed by atoms with Gasteiger partial charge in [0.05, 0.1) is 4.87 Å². The second kappa shape index (κ2) is 2.64. The number of nitrogens with two attached hydrogens (primary N) is 1. The van der Waals surface area contributed by atoms with Gasteiger partial charge in [-0.1, -0.05) is 0 Å². The lowest BCUT2D eigenvalue weighted by atomic mass is 10.0. The fourth-order valence-corrected chi connectivity index (χ4v) is 1.62. The van der Waals surface area contributed by atoms with Gasteiger partial charge in [-0.05, 0) is 27.2 Å². The fourth-order valence-electron chi connectivity index (χ4n) is 1.45. The molecule has 0 aliphatic carbocycles. The maximum atomic E-state index is 5.99. The Morgan fingerprint density at radius 1 is 1.55 bits per heavy atom. The molecule has 2 nitrogen and oxygen atoms in total. The lowest BCUT2D eigenvalue weighted by Crippen LogP contribution is -2.44. The molecule has 66 valence electrons. The van der Waals surface area contributed by atoms with Gasteiger partial charge in [0.15, 0.2) is 0 Å². The zero-order valence-electron chi connectivity index (χ0n) is 7.59. The van der Waals surface area contributed by atoms with Crippen LogP contribution in [0.15, 0.2) is 0 Å². The van der Waals surface area contributed by atoms with Gasteiger partial charge in [-0.3, -0.25) is 4.90 Å². The van der Waals surface area contributed by atoms with Gasteiger partial charge in [-0.25, -0.2) is 0 Å². The Labute approximate surface area is 74.5 Å². The summed E-state index contributed by atoms with van der Waals surface area (Å²) in [6, 6.07) is 0. The van der Waals surface area contributed by atoms with E-state index in [2.05, 4.69) is 38.3 Å².